The minimum Gasteiger partial charge on any atom is -0.406 e. The van der Waals surface area contributed by atoms with E-state index >= 15 is 0 Å². The van der Waals surface area contributed by atoms with Gasteiger partial charge >= 0.3 is 6.01 Å². The van der Waals surface area contributed by atoms with Crippen LogP contribution in [-0.4, -0.2) is 23.8 Å². The summed E-state index contributed by atoms with van der Waals surface area (Å²) in [7, 11) is 1.80. The molecule has 0 saturated heterocycles. The number of benzene rings is 1. The van der Waals surface area contributed by atoms with Gasteiger partial charge in [0.15, 0.2) is 0 Å². The molecule has 19 heavy (non-hydrogen) atoms. The second kappa shape index (κ2) is 6.29. The maximum atomic E-state index is 12.9. The molecule has 0 atom stereocenters. The summed E-state index contributed by atoms with van der Waals surface area (Å²) in [5.41, 5.74) is 0.790. The Balaban J connectivity index is 2.03. The molecule has 0 spiro atoms. The van der Waals surface area contributed by atoms with Crippen LogP contribution in [0.15, 0.2) is 28.7 Å². The smallest absolute Gasteiger partial charge is 0.322 e. The Bertz CT molecular complexity index is 512. The van der Waals surface area contributed by atoms with Crippen LogP contribution in [0.3, 0.4) is 0 Å². The predicted octanol–water partition coefficient (Wildman–Crippen LogP) is 2.48. The van der Waals surface area contributed by atoms with E-state index < -0.39 is 0 Å². The third-order valence-corrected chi connectivity index (χ3v) is 2.66. The molecule has 1 heterocycles. The van der Waals surface area contributed by atoms with Gasteiger partial charge in [0, 0.05) is 12.7 Å². The summed E-state index contributed by atoms with van der Waals surface area (Å²) in [6, 6.07) is 6.50. The topological polar surface area (TPSA) is 54.2 Å². The minimum atomic E-state index is -0.271. The number of rotatable bonds is 6. The Morgan fingerprint density at radius 1 is 1.26 bits per heavy atom. The van der Waals surface area contributed by atoms with E-state index in [1.807, 2.05) is 0 Å². The van der Waals surface area contributed by atoms with E-state index in [0.29, 0.717) is 18.5 Å². The third-order valence-electron chi connectivity index (χ3n) is 2.66. The molecule has 102 valence electrons. The molecule has 1 aromatic heterocycles. The van der Waals surface area contributed by atoms with Crippen molar-refractivity contribution in [3.63, 3.8) is 0 Å². The van der Waals surface area contributed by atoms with Crippen molar-refractivity contribution in [3.05, 3.63) is 36.0 Å². The summed E-state index contributed by atoms with van der Waals surface area (Å²) in [6.07, 6.45) is 1.05. The third kappa shape index (κ3) is 3.51. The summed E-state index contributed by atoms with van der Waals surface area (Å²) in [5, 5.41) is 11.1. The van der Waals surface area contributed by atoms with Crippen LogP contribution < -0.4 is 10.2 Å². The van der Waals surface area contributed by atoms with E-state index in [2.05, 4.69) is 22.4 Å². The van der Waals surface area contributed by atoms with Gasteiger partial charge < -0.3 is 9.73 Å². The summed E-state index contributed by atoms with van der Waals surface area (Å²) in [5.74, 6) is 0.268. The molecular weight excluding hydrogens is 247 g/mol. The van der Waals surface area contributed by atoms with Crippen molar-refractivity contribution in [2.75, 3.05) is 18.5 Å². The fourth-order valence-electron chi connectivity index (χ4n) is 1.60. The van der Waals surface area contributed by atoms with Crippen molar-refractivity contribution in [2.45, 2.75) is 19.9 Å². The van der Waals surface area contributed by atoms with Gasteiger partial charge in [0.2, 0.25) is 5.89 Å². The first-order valence-electron chi connectivity index (χ1n) is 6.23. The van der Waals surface area contributed by atoms with E-state index in [4.69, 9.17) is 4.42 Å². The monoisotopic (exact) mass is 264 g/mol. The molecule has 2 rings (SSSR count). The minimum absolute atomic E-state index is 0.271. The van der Waals surface area contributed by atoms with Crippen molar-refractivity contribution in [1.29, 1.82) is 0 Å². The summed E-state index contributed by atoms with van der Waals surface area (Å²) in [6.45, 7) is 3.55. The molecule has 0 saturated carbocycles. The highest BCUT2D eigenvalue weighted by Crippen LogP contribution is 2.22. The van der Waals surface area contributed by atoms with E-state index in [0.717, 1.165) is 18.7 Å². The molecule has 0 aliphatic carbocycles. The van der Waals surface area contributed by atoms with Crippen LogP contribution in [0.4, 0.5) is 16.1 Å². The van der Waals surface area contributed by atoms with Gasteiger partial charge in [0.05, 0.1) is 6.54 Å². The SMILES string of the molecule is CCCNCc1nnc(N(C)c2ccc(F)cc2)o1. The Hall–Kier alpha value is -1.95. The molecule has 5 nitrogen and oxygen atoms in total. The van der Waals surface area contributed by atoms with E-state index in [1.54, 1.807) is 24.1 Å². The second-order valence-corrected chi connectivity index (χ2v) is 4.19. The summed E-state index contributed by atoms with van der Waals surface area (Å²) < 4.78 is 18.4. The largest absolute Gasteiger partial charge is 0.406 e. The van der Waals surface area contributed by atoms with Crippen molar-refractivity contribution in [3.8, 4) is 0 Å². The fourth-order valence-corrected chi connectivity index (χ4v) is 1.60. The van der Waals surface area contributed by atoms with Gasteiger partial charge in [-0.2, -0.15) is 0 Å². The standard InChI is InChI=1S/C13H17FN4O/c1-3-8-15-9-12-16-17-13(19-12)18(2)11-6-4-10(14)5-7-11/h4-7,15H,3,8-9H2,1-2H3. The van der Waals surface area contributed by atoms with Gasteiger partial charge in [-0.1, -0.05) is 12.0 Å². The normalized spacial score (nSPS) is 10.7. The molecule has 1 aromatic carbocycles. The predicted molar refractivity (Wildman–Crippen MR) is 70.8 cm³/mol. The Kier molecular flexibility index (Phi) is 4.46. The zero-order valence-electron chi connectivity index (χ0n) is 11.1. The fraction of sp³-hybridized carbons (Fsp3) is 0.385. The van der Waals surface area contributed by atoms with E-state index in [-0.39, 0.29) is 5.82 Å². The van der Waals surface area contributed by atoms with Crippen LogP contribution in [0.2, 0.25) is 0 Å². The summed E-state index contributed by atoms with van der Waals surface area (Å²) in [4.78, 5) is 1.72. The van der Waals surface area contributed by atoms with Crippen LogP contribution in [-0.2, 0) is 6.54 Å². The number of hydrogen-bond acceptors (Lipinski definition) is 5. The number of nitrogens with one attached hydrogen (secondary N) is 1. The number of aromatic nitrogens is 2. The van der Waals surface area contributed by atoms with Gasteiger partial charge in [-0.3, -0.25) is 4.90 Å². The van der Waals surface area contributed by atoms with Gasteiger partial charge in [0.1, 0.15) is 5.82 Å². The second-order valence-electron chi connectivity index (χ2n) is 4.19. The average Bonchev–Trinajstić information content (AvgIpc) is 2.88. The van der Waals surface area contributed by atoms with Crippen molar-refractivity contribution < 1.29 is 8.81 Å². The first kappa shape index (κ1) is 13.5. The van der Waals surface area contributed by atoms with Crippen LogP contribution >= 0.6 is 0 Å². The maximum Gasteiger partial charge on any atom is 0.322 e. The highest BCUT2D eigenvalue weighted by atomic mass is 19.1. The molecule has 0 bridgehead atoms. The molecule has 6 heteroatoms. The first-order chi connectivity index (χ1) is 9.20. The molecule has 0 aliphatic rings. The lowest BCUT2D eigenvalue weighted by Crippen LogP contribution is -2.14. The number of halogens is 1. The zero-order valence-corrected chi connectivity index (χ0v) is 11.1. The average molecular weight is 264 g/mol. The molecule has 0 fully saturated rings. The van der Waals surface area contributed by atoms with E-state index in [1.165, 1.54) is 12.1 Å². The Labute approximate surface area is 111 Å². The summed E-state index contributed by atoms with van der Waals surface area (Å²) >= 11 is 0. The maximum absolute atomic E-state index is 12.9. The van der Waals surface area contributed by atoms with Crippen LogP contribution in [0.5, 0.6) is 0 Å². The van der Waals surface area contributed by atoms with Crippen LogP contribution in [0.1, 0.15) is 19.2 Å². The number of nitrogens with zero attached hydrogens (tertiary/aromatic N) is 3. The van der Waals surface area contributed by atoms with Crippen LogP contribution in [0.25, 0.3) is 0 Å². The lowest BCUT2D eigenvalue weighted by Gasteiger charge is -2.13. The van der Waals surface area contributed by atoms with Crippen LogP contribution in [0, 0.1) is 5.82 Å². The van der Waals surface area contributed by atoms with Gasteiger partial charge in [-0.15, -0.1) is 5.10 Å². The molecule has 1 N–H and O–H groups in total. The molecule has 0 aliphatic heterocycles. The lowest BCUT2D eigenvalue weighted by atomic mass is 10.3. The van der Waals surface area contributed by atoms with Gasteiger partial charge in [-0.25, -0.2) is 4.39 Å². The van der Waals surface area contributed by atoms with Crippen molar-refractivity contribution >= 4 is 11.7 Å². The Morgan fingerprint density at radius 3 is 2.68 bits per heavy atom. The molecule has 2 aromatic rings. The molecular formula is C13H17FN4O. The van der Waals surface area contributed by atoms with Crippen molar-refractivity contribution in [2.24, 2.45) is 0 Å². The number of hydrogen-bond donors (Lipinski definition) is 1. The van der Waals surface area contributed by atoms with Crippen molar-refractivity contribution in [1.82, 2.24) is 15.5 Å². The first-order valence-corrected chi connectivity index (χ1v) is 6.23. The van der Waals surface area contributed by atoms with E-state index in [9.17, 15) is 4.39 Å². The zero-order chi connectivity index (χ0) is 13.7. The Morgan fingerprint density at radius 2 is 2.00 bits per heavy atom. The van der Waals surface area contributed by atoms with Gasteiger partial charge in [0.25, 0.3) is 0 Å². The number of anilines is 2. The quantitative estimate of drug-likeness (QED) is 0.812. The highest BCUT2D eigenvalue weighted by molar-refractivity contribution is 5.54. The highest BCUT2D eigenvalue weighted by Gasteiger charge is 2.12. The molecule has 0 amide bonds. The lowest BCUT2D eigenvalue weighted by molar-refractivity contribution is 0.472. The van der Waals surface area contributed by atoms with Gasteiger partial charge in [-0.05, 0) is 37.2 Å². The molecule has 0 radical (unpaired) electrons. The molecule has 0 unspecified atom stereocenters.